The van der Waals surface area contributed by atoms with Crippen LogP contribution >= 0.6 is 0 Å². The van der Waals surface area contributed by atoms with E-state index < -0.39 is 0 Å². The number of hydrogen-bond acceptors (Lipinski definition) is 2. The molecule has 2 bridgehead atoms. The summed E-state index contributed by atoms with van der Waals surface area (Å²) in [7, 11) is 0. The van der Waals surface area contributed by atoms with Crippen LogP contribution in [-0.2, 0) is 0 Å². The maximum atomic E-state index is 12.6. The number of hydrogen-bond donors (Lipinski definition) is 1. The van der Waals surface area contributed by atoms with Crippen molar-refractivity contribution in [3.8, 4) is 11.3 Å². The Bertz CT molecular complexity index is 718. The van der Waals surface area contributed by atoms with Crippen molar-refractivity contribution >= 4 is 0 Å². The first-order chi connectivity index (χ1) is 10.2. The van der Waals surface area contributed by atoms with Crippen LogP contribution in [0.3, 0.4) is 0 Å². The summed E-state index contributed by atoms with van der Waals surface area (Å²) in [6.07, 6.45) is 6.51. The summed E-state index contributed by atoms with van der Waals surface area (Å²) in [6.45, 7) is 1.77. The van der Waals surface area contributed by atoms with Gasteiger partial charge < -0.3 is 10.4 Å². The summed E-state index contributed by atoms with van der Waals surface area (Å²) in [4.78, 5) is 0. The molecule has 2 aliphatic carbocycles. The molecule has 0 saturated heterocycles. The van der Waals surface area contributed by atoms with Gasteiger partial charge in [-0.15, -0.1) is 0 Å². The van der Waals surface area contributed by atoms with Gasteiger partial charge in [0.25, 0.3) is 0 Å². The Kier molecular flexibility index (Phi) is 2.61. The molecule has 4 rings (SSSR count). The fraction of sp³-hybridized carbons (Fsp3) is 0.353. The maximum Gasteiger partial charge on any atom is 0.303 e. The monoisotopic (exact) mass is 282 g/mol. The third-order valence-corrected chi connectivity index (χ3v) is 4.94. The standard InChI is InChI=1S/C17H18N2O2/c1-11-16(13-5-3-2-4-6-13)19(21)17(18(11)20)15-10-12-7-8-14(15)9-12/h2-8,12,14-15,21H,9-10H2,1H3/t12-,14-,15-/m0/s1. The van der Waals surface area contributed by atoms with Gasteiger partial charge in [-0.05, 0) is 29.4 Å². The van der Waals surface area contributed by atoms with Crippen LogP contribution in [0.25, 0.3) is 11.3 Å². The molecular formula is C17H18N2O2. The second-order valence-electron chi connectivity index (χ2n) is 6.15. The quantitative estimate of drug-likeness (QED) is 0.398. The Hall–Kier alpha value is -2.23. The van der Waals surface area contributed by atoms with Crippen molar-refractivity contribution in [3.05, 3.63) is 59.2 Å². The van der Waals surface area contributed by atoms with Gasteiger partial charge in [0.2, 0.25) is 5.69 Å². The molecule has 1 saturated carbocycles. The van der Waals surface area contributed by atoms with Gasteiger partial charge in [0, 0.05) is 12.5 Å². The summed E-state index contributed by atoms with van der Waals surface area (Å²) < 4.78 is 2.04. The van der Waals surface area contributed by atoms with Crippen molar-refractivity contribution in [1.82, 2.24) is 4.73 Å². The highest BCUT2D eigenvalue weighted by atomic mass is 16.5. The molecular weight excluding hydrogens is 264 g/mol. The van der Waals surface area contributed by atoms with Crippen LogP contribution in [-0.4, -0.2) is 9.94 Å². The minimum atomic E-state index is 0.124. The van der Waals surface area contributed by atoms with Gasteiger partial charge >= 0.3 is 5.82 Å². The minimum Gasteiger partial charge on any atom is -0.710 e. The van der Waals surface area contributed by atoms with Crippen LogP contribution in [0.1, 0.15) is 30.3 Å². The van der Waals surface area contributed by atoms with E-state index in [1.807, 2.05) is 30.3 Å². The van der Waals surface area contributed by atoms with Crippen molar-refractivity contribution in [2.45, 2.75) is 25.7 Å². The molecule has 1 aromatic heterocycles. The zero-order valence-electron chi connectivity index (χ0n) is 11.9. The Morgan fingerprint density at radius 2 is 1.95 bits per heavy atom. The van der Waals surface area contributed by atoms with E-state index in [9.17, 15) is 10.4 Å². The Labute approximate surface area is 123 Å². The zero-order valence-corrected chi connectivity index (χ0v) is 11.9. The molecule has 0 unspecified atom stereocenters. The molecule has 1 aromatic carbocycles. The molecule has 0 spiro atoms. The molecule has 0 radical (unpaired) electrons. The van der Waals surface area contributed by atoms with E-state index in [0.717, 1.165) is 27.9 Å². The lowest BCUT2D eigenvalue weighted by molar-refractivity contribution is -0.623. The smallest absolute Gasteiger partial charge is 0.303 e. The van der Waals surface area contributed by atoms with Crippen LogP contribution in [0.4, 0.5) is 0 Å². The molecule has 0 amide bonds. The molecule has 3 atom stereocenters. The van der Waals surface area contributed by atoms with Crippen molar-refractivity contribution < 1.29 is 9.94 Å². The van der Waals surface area contributed by atoms with Gasteiger partial charge in [-0.1, -0.05) is 42.5 Å². The summed E-state index contributed by atoms with van der Waals surface area (Å²) in [6, 6.07) is 9.59. The second-order valence-corrected chi connectivity index (χ2v) is 6.15. The van der Waals surface area contributed by atoms with Crippen LogP contribution in [0, 0.1) is 24.0 Å². The van der Waals surface area contributed by atoms with E-state index in [4.69, 9.17) is 0 Å². The van der Waals surface area contributed by atoms with Crippen molar-refractivity contribution in [3.63, 3.8) is 0 Å². The van der Waals surface area contributed by atoms with Crippen molar-refractivity contribution in [2.24, 2.45) is 11.8 Å². The van der Waals surface area contributed by atoms with E-state index >= 15 is 0 Å². The summed E-state index contributed by atoms with van der Waals surface area (Å²) in [5.74, 6) is 1.57. The van der Waals surface area contributed by atoms with Gasteiger partial charge in [0.1, 0.15) is 0 Å². The average Bonchev–Trinajstić information content (AvgIpc) is 3.16. The fourth-order valence-corrected chi connectivity index (χ4v) is 3.93. The minimum absolute atomic E-state index is 0.124. The first-order valence-corrected chi connectivity index (χ1v) is 7.44. The topological polar surface area (TPSA) is 52.1 Å². The molecule has 1 N–H and O–H groups in total. The molecule has 1 heterocycles. The number of benzene rings is 1. The molecule has 2 aromatic rings. The predicted molar refractivity (Wildman–Crippen MR) is 78.8 cm³/mol. The highest BCUT2D eigenvalue weighted by Crippen LogP contribution is 2.48. The van der Waals surface area contributed by atoms with Gasteiger partial charge in [-0.3, -0.25) is 0 Å². The molecule has 1 fully saturated rings. The first-order valence-electron chi connectivity index (χ1n) is 7.44. The van der Waals surface area contributed by atoms with E-state index in [2.05, 4.69) is 12.2 Å². The molecule has 0 aliphatic heterocycles. The van der Waals surface area contributed by atoms with Crippen LogP contribution in [0.5, 0.6) is 0 Å². The van der Waals surface area contributed by atoms with Gasteiger partial charge in [0.15, 0.2) is 5.69 Å². The molecule has 21 heavy (non-hydrogen) atoms. The molecule has 108 valence electrons. The molecule has 4 nitrogen and oxygen atoms in total. The van der Waals surface area contributed by atoms with E-state index in [0.29, 0.717) is 29.0 Å². The first kappa shape index (κ1) is 12.5. The van der Waals surface area contributed by atoms with Crippen LogP contribution in [0.15, 0.2) is 42.5 Å². The number of rotatable bonds is 2. The highest BCUT2D eigenvalue weighted by Gasteiger charge is 2.44. The Balaban J connectivity index is 1.85. The molecule has 4 heteroatoms. The summed E-state index contributed by atoms with van der Waals surface area (Å²) in [5.41, 5.74) is 2.03. The zero-order chi connectivity index (χ0) is 14.6. The third kappa shape index (κ3) is 1.71. The Morgan fingerprint density at radius 3 is 2.57 bits per heavy atom. The van der Waals surface area contributed by atoms with E-state index in [-0.39, 0.29) is 5.92 Å². The molecule has 2 aliphatic rings. The second kappa shape index (κ2) is 4.38. The van der Waals surface area contributed by atoms with Crippen LogP contribution in [0.2, 0.25) is 0 Å². The highest BCUT2D eigenvalue weighted by molar-refractivity contribution is 5.61. The normalized spacial score (nSPS) is 26.6. The lowest BCUT2D eigenvalue weighted by Crippen LogP contribution is -2.36. The predicted octanol–water partition coefficient (Wildman–Crippen LogP) is 3.01. The van der Waals surface area contributed by atoms with Crippen molar-refractivity contribution in [1.29, 1.82) is 0 Å². The lowest BCUT2D eigenvalue weighted by Gasteiger charge is -2.16. The number of fused-ring (bicyclic) bond motifs is 2. The van der Waals surface area contributed by atoms with E-state index in [1.54, 1.807) is 6.92 Å². The lowest BCUT2D eigenvalue weighted by atomic mass is 9.93. The largest absolute Gasteiger partial charge is 0.710 e. The maximum absolute atomic E-state index is 12.6. The SMILES string of the molecule is Cc1c(-c2ccccc2)n(O)c([C@H]2C[C@H]3C=C[C@H]2C3)[n+]1[O-]. The fourth-order valence-electron chi connectivity index (χ4n) is 3.93. The van der Waals surface area contributed by atoms with Crippen LogP contribution < -0.4 is 4.73 Å². The summed E-state index contributed by atoms with van der Waals surface area (Å²) >= 11 is 0. The van der Waals surface area contributed by atoms with E-state index in [1.165, 1.54) is 0 Å². The Morgan fingerprint density at radius 1 is 1.19 bits per heavy atom. The van der Waals surface area contributed by atoms with Gasteiger partial charge in [0.05, 0.1) is 5.92 Å². The summed E-state index contributed by atoms with van der Waals surface area (Å²) in [5, 5.41) is 23.2. The average molecular weight is 282 g/mol. The number of aromatic nitrogens is 2. The number of imidazole rings is 1. The van der Waals surface area contributed by atoms with Gasteiger partial charge in [-0.25, -0.2) is 4.73 Å². The van der Waals surface area contributed by atoms with Gasteiger partial charge in [-0.2, -0.15) is 0 Å². The van der Waals surface area contributed by atoms with Crippen molar-refractivity contribution in [2.75, 3.05) is 0 Å². The number of nitrogens with zero attached hydrogens (tertiary/aromatic N) is 2. The number of allylic oxidation sites excluding steroid dienone is 2. The third-order valence-electron chi connectivity index (χ3n) is 4.94.